The molecule has 4 heteroatoms. The molecule has 0 saturated carbocycles. The Hall–Kier alpha value is -1.13. The standard InChI is InChI=1S/C13H13BrN2S/c14-12-7-11(16)4-5-13(12)17-8-9-2-1-3-10(15)6-9/h1-7H,8,15-16H2. The molecule has 2 rings (SSSR count). The van der Waals surface area contributed by atoms with E-state index in [1.807, 2.05) is 36.4 Å². The Balaban J connectivity index is 2.07. The number of anilines is 2. The van der Waals surface area contributed by atoms with Gasteiger partial charge in [0.25, 0.3) is 0 Å². The van der Waals surface area contributed by atoms with Crippen LogP contribution in [-0.2, 0) is 5.75 Å². The normalized spacial score (nSPS) is 10.4. The molecule has 0 unspecified atom stereocenters. The van der Waals surface area contributed by atoms with E-state index in [0.29, 0.717) is 0 Å². The van der Waals surface area contributed by atoms with Crippen molar-refractivity contribution in [3.8, 4) is 0 Å². The summed E-state index contributed by atoms with van der Waals surface area (Å²) in [6.07, 6.45) is 0. The highest BCUT2D eigenvalue weighted by Crippen LogP contribution is 2.31. The number of halogens is 1. The van der Waals surface area contributed by atoms with Gasteiger partial charge < -0.3 is 11.5 Å². The summed E-state index contributed by atoms with van der Waals surface area (Å²) >= 11 is 5.27. The van der Waals surface area contributed by atoms with E-state index < -0.39 is 0 Å². The molecular formula is C13H13BrN2S. The molecule has 0 aliphatic carbocycles. The Labute approximate surface area is 114 Å². The first-order valence-electron chi connectivity index (χ1n) is 5.17. The minimum atomic E-state index is 0.769. The van der Waals surface area contributed by atoms with Crippen LogP contribution in [0.25, 0.3) is 0 Å². The molecule has 2 aromatic carbocycles. The summed E-state index contributed by atoms with van der Waals surface area (Å²) in [4.78, 5) is 1.18. The molecule has 0 atom stereocenters. The molecule has 0 bridgehead atoms. The first kappa shape index (κ1) is 12.3. The van der Waals surface area contributed by atoms with Gasteiger partial charge in [0.2, 0.25) is 0 Å². The molecule has 88 valence electrons. The van der Waals surface area contributed by atoms with Crippen LogP contribution in [0, 0.1) is 0 Å². The van der Waals surface area contributed by atoms with E-state index in [9.17, 15) is 0 Å². The minimum Gasteiger partial charge on any atom is -0.399 e. The van der Waals surface area contributed by atoms with Crippen LogP contribution in [0.2, 0.25) is 0 Å². The zero-order chi connectivity index (χ0) is 12.3. The molecule has 0 aliphatic heterocycles. The highest BCUT2D eigenvalue weighted by molar-refractivity contribution is 9.10. The Morgan fingerprint density at radius 1 is 1.00 bits per heavy atom. The molecule has 4 N–H and O–H groups in total. The van der Waals surface area contributed by atoms with Crippen molar-refractivity contribution in [2.45, 2.75) is 10.6 Å². The third-order valence-electron chi connectivity index (χ3n) is 2.30. The van der Waals surface area contributed by atoms with Crippen molar-refractivity contribution >= 4 is 39.1 Å². The lowest BCUT2D eigenvalue weighted by Gasteiger charge is -2.06. The van der Waals surface area contributed by atoms with Gasteiger partial charge >= 0.3 is 0 Å². The van der Waals surface area contributed by atoms with Crippen molar-refractivity contribution in [1.82, 2.24) is 0 Å². The van der Waals surface area contributed by atoms with Crippen LogP contribution in [0.15, 0.2) is 51.8 Å². The average Bonchev–Trinajstić information content (AvgIpc) is 2.28. The topological polar surface area (TPSA) is 52.0 Å². The van der Waals surface area contributed by atoms with E-state index in [1.165, 1.54) is 10.5 Å². The van der Waals surface area contributed by atoms with E-state index in [-0.39, 0.29) is 0 Å². The number of nitrogen functional groups attached to an aromatic ring is 2. The van der Waals surface area contributed by atoms with Crippen LogP contribution in [0.5, 0.6) is 0 Å². The second-order valence-corrected chi connectivity index (χ2v) is 5.60. The van der Waals surface area contributed by atoms with Gasteiger partial charge in [0.05, 0.1) is 0 Å². The molecule has 0 spiro atoms. The molecule has 0 aliphatic rings. The predicted molar refractivity (Wildman–Crippen MR) is 79.0 cm³/mol. The second-order valence-electron chi connectivity index (χ2n) is 3.72. The summed E-state index contributed by atoms with van der Waals surface area (Å²) in [6.45, 7) is 0. The highest BCUT2D eigenvalue weighted by atomic mass is 79.9. The van der Waals surface area contributed by atoms with Gasteiger partial charge in [-0.2, -0.15) is 0 Å². The van der Waals surface area contributed by atoms with Crippen molar-refractivity contribution in [1.29, 1.82) is 0 Å². The van der Waals surface area contributed by atoms with Crippen LogP contribution >= 0.6 is 27.7 Å². The van der Waals surface area contributed by atoms with Gasteiger partial charge in [-0.05, 0) is 51.8 Å². The second kappa shape index (κ2) is 5.47. The Kier molecular flexibility index (Phi) is 3.97. The van der Waals surface area contributed by atoms with Gasteiger partial charge in [-0.3, -0.25) is 0 Å². The Bertz CT molecular complexity index is 529. The predicted octanol–water partition coefficient (Wildman–Crippen LogP) is 3.91. The molecule has 0 radical (unpaired) electrons. The van der Waals surface area contributed by atoms with E-state index >= 15 is 0 Å². The SMILES string of the molecule is Nc1cccc(CSc2ccc(N)cc2Br)c1. The van der Waals surface area contributed by atoms with E-state index in [2.05, 4.69) is 22.0 Å². The van der Waals surface area contributed by atoms with Gasteiger partial charge in [-0.25, -0.2) is 0 Å². The lowest BCUT2D eigenvalue weighted by Crippen LogP contribution is -1.88. The maximum Gasteiger partial charge on any atom is 0.0331 e. The fraction of sp³-hybridized carbons (Fsp3) is 0.0769. The van der Waals surface area contributed by atoms with Crippen LogP contribution in [0.1, 0.15) is 5.56 Å². The van der Waals surface area contributed by atoms with Gasteiger partial charge in [0.1, 0.15) is 0 Å². The molecule has 0 saturated heterocycles. The average molecular weight is 309 g/mol. The van der Waals surface area contributed by atoms with Crippen molar-refractivity contribution in [2.75, 3.05) is 11.5 Å². The first-order valence-corrected chi connectivity index (χ1v) is 6.95. The monoisotopic (exact) mass is 308 g/mol. The van der Waals surface area contributed by atoms with Gasteiger partial charge in [-0.1, -0.05) is 12.1 Å². The van der Waals surface area contributed by atoms with Crippen molar-refractivity contribution < 1.29 is 0 Å². The number of rotatable bonds is 3. The maximum absolute atomic E-state index is 5.74. The van der Waals surface area contributed by atoms with Crippen LogP contribution in [0.3, 0.4) is 0 Å². The van der Waals surface area contributed by atoms with Crippen molar-refractivity contribution in [3.63, 3.8) is 0 Å². The van der Waals surface area contributed by atoms with E-state index in [1.54, 1.807) is 11.8 Å². The van der Waals surface area contributed by atoms with Crippen molar-refractivity contribution in [3.05, 3.63) is 52.5 Å². The Morgan fingerprint density at radius 2 is 1.76 bits per heavy atom. The number of benzene rings is 2. The van der Waals surface area contributed by atoms with Crippen molar-refractivity contribution in [2.24, 2.45) is 0 Å². The summed E-state index contributed by atoms with van der Waals surface area (Å²) in [5, 5.41) is 0. The molecule has 2 aromatic rings. The van der Waals surface area contributed by atoms with Gasteiger partial charge in [0, 0.05) is 26.5 Å². The fourth-order valence-electron chi connectivity index (χ4n) is 1.48. The molecule has 17 heavy (non-hydrogen) atoms. The minimum absolute atomic E-state index is 0.769. The largest absolute Gasteiger partial charge is 0.399 e. The van der Waals surface area contributed by atoms with Gasteiger partial charge in [-0.15, -0.1) is 11.8 Å². The molecule has 0 heterocycles. The third-order valence-corrected chi connectivity index (χ3v) is 4.36. The number of hydrogen-bond acceptors (Lipinski definition) is 3. The number of hydrogen-bond donors (Lipinski definition) is 2. The quantitative estimate of drug-likeness (QED) is 0.668. The number of nitrogens with two attached hydrogens (primary N) is 2. The third kappa shape index (κ3) is 3.41. The lowest BCUT2D eigenvalue weighted by molar-refractivity contribution is 1.36. The highest BCUT2D eigenvalue weighted by Gasteiger charge is 2.02. The summed E-state index contributed by atoms with van der Waals surface area (Å²) in [5.74, 6) is 0.896. The van der Waals surface area contributed by atoms with Crippen LogP contribution in [-0.4, -0.2) is 0 Å². The molecule has 0 fully saturated rings. The number of thioether (sulfide) groups is 1. The van der Waals surface area contributed by atoms with E-state index in [4.69, 9.17) is 11.5 Å². The summed E-state index contributed by atoms with van der Waals surface area (Å²) in [6, 6.07) is 13.8. The van der Waals surface area contributed by atoms with Crippen LogP contribution < -0.4 is 11.5 Å². The van der Waals surface area contributed by atoms with Gasteiger partial charge in [0.15, 0.2) is 0 Å². The molecule has 2 nitrogen and oxygen atoms in total. The molecule has 0 amide bonds. The smallest absolute Gasteiger partial charge is 0.0331 e. The summed E-state index contributed by atoms with van der Waals surface area (Å²) < 4.78 is 1.03. The maximum atomic E-state index is 5.74. The zero-order valence-corrected chi connectivity index (χ0v) is 11.6. The first-order chi connectivity index (χ1) is 8.15. The zero-order valence-electron chi connectivity index (χ0n) is 9.19. The molecule has 0 aromatic heterocycles. The van der Waals surface area contributed by atoms with Crippen LogP contribution in [0.4, 0.5) is 11.4 Å². The summed E-state index contributed by atoms with van der Waals surface area (Å²) in [5.41, 5.74) is 14.2. The Morgan fingerprint density at radius 3 is 2.47 bits per heavy atom. The summed E-state index contributed by atoms with van der Waals surface area (Å²) in [7, 11) is 0. The molecular weight excluding hydrogens is 296 g/mol. The van der Waals surface area contributed by atoms with E-state index in [0.717, 1.165) is 21.6 Å². The lowest BCUT2D eigenvalue weighted by atomic mass is 10.2. The fourth-order valence-corrected chi connectivity index (χ4v) is 3.08.